The third-order valence-corrected chi connectivity index (χ3v) is 4.97. The van der Waals surface area contributed by atoms with Crippen LogP contribution in [0.4, 0.5) is 0 Å². The van der Waals surface area contributed by atoms with Crippen molar-refractivity contribution in [1.29, 1.82) is 0 Å². The zero-order valence-corrected chi connectivity index (χ0v) is 18.4. The molecule has 0 saturated heterocycles. The highest BCUT2D eigenvalue weighted by molar-refractivity contribution is 5.99. The topological polar surface area (TPSA) is 111 Å². The summed E-state index contributed by atoms with van der Waals surface area (Å²) in [5, 5.41) is 23.2. The van der Waals surface area contributed by atoms with Gasteiger partial charge in [0.25, 0.3) is 5.91 Å². The summed E-state index contributed by atoms with van der Waals surface area (Å²) in [6.07, 6.45) is 1.80. The molecule has 0 unspecified atom stereocenters. The molecule has 0 aliphatic heterocycles. The molecule has 0 aliphatic carbocycles. The highest BCUT2D eigenvalue weighted by atomic mass is 16.1. The smallest absolute Gasteiger partial charge is 0.253 e. The van der Waals surface area contributed by atoms with Crippen LogP contribution in [0.5, 0.6) is 0 Å². The van der Waals surface area contributed by atoms with E-state index in [0.717, 1.165) is 22.5 Å². The number of carbonyl (C=O) groups excluding carboxylic acids is 1. The van der Waals surface area contributed by atoms with Crippen LogP contribution in [-0.2, 0) is 6.54 Å². The number of tetrazole rings is 1. The van der Waals surface area contributed by atoms with Crippen molar-refractivity contribution in [2.24, 2.45) is 0 Å². The Morgan fingerprint density at radius 3 is 2.56 bits per heavy atom. The Labute approximate surface area is 185 Å². The summed E-state index contributed by atoms with van der Waals surface area (Å²) < 4.78 is 1.61. The molecule has 1 amide bonds. The van der Waals surface area contributed by atoms with E-state index in [1.54, 1.807) is 10.9 Å². The minimum atomic E-state index is -0.262. The van der Waals surface area contributed by atoms with E-state index in [9.17, 15) is 4.79 Å². The second kappa shape index (κ2) is 9.01. The van der Waals surface area contributed by atoms with Crippen LogP contribution in [-0.4, -0.2) is 41.3 Å². The molecule has 4 rings (SSSR count). The van der Waals surface area contributed by atoms with Gasteiger partial charge in [-0.2, -0.15) is 14.9 Å². The molecule has 32 heavy (non-hydrogen) atoms. The molecule has 0 fully saturated rings. The van der Waals surface area contributed by atoms with Crippen LogP contribution in [0.25, 0.3) is 16.9 Å². The van der Waals surface area contributed by atoms with Crippen molar-refractivity contribution < 1.29 is 4.79 Å². The van der Waals surface area contributed by atoms with E-state index < -0.39 is 0 Å². The molecule has 0 saturated carbocycles. The van der Waals surface area contributed by atoms with Crippen LogP contribution < -0.4 is 5.32 Å². The van der Waals surface area contributed by atoms with Gasteiger partial charge in [-0.25, -0.2) is 0 Å². The lowest BCUT2D eigenvalue weighted by Crippen LogP contribution is -2.25. The third kappa shape index (κ3) is 4.51. The molecule has 0 bridgehead atoms. The van der Waals surface area contributed by atoms with Crippen LogP contribution in [0.1, 0.15) is 52.9 Å². The molecule has 162 valence electrons. The summed E-state index contributed by atoms with van der Waals surface area (Å²) in [7, 11) is 0. The molecular weight excluding hydrogens is 404 g/mol. The summed E-state index contributed by atoms with van der Waals surface area (Å²) in [6, 6.07) is 13.2. The van der Waals surface area contributed by atoms with Crippen molar-refractivity contribution in [2.45, 2.75) is 40.2 Å². The number of amides is 1. The molecule has 0 radical (unpaired) electrons. The van der Waals surface area contributed by atoms with Crippen LogP contribution in [0.2, 0.25) is 0 Å². The highest BCUT2D eigenvalue weighted by Gasteiger charge is 2.20. The summed E-state index contributed by atoms with van der Waals surface area (Å²) in [4.78, 5) is 17.8. The molecule has 3 aromatic heterocycles. The van der Waals surface area contributed by atoms with Gasteiger partial charge in [0, 0.05) is 17.7 Å². The number of aromatic nitrogens is 7. The average molecular weight is 429 g/mol. The maximum Gasteiger partial charge on any atom is 0.253 e. The van der Waals surface area contributed by atoms with E-state index in [1.165, 1.54) is 0 Å². The zero-order valence-electron chi connectivity index (χ0n) is 18.4. The number of rotatable bonds is 6. The third-order valence-electron chi connectivity index (χ3n) is 4.97. The van der Waals surface area contributed by atoms with Crippen molar-refractivity contribution in [2.75, 3.05) is 0 Å². The van der Waals surface area contributed by atoms with Crippen molar-refractivity contribution in [3.8, 4) is 16.9 Å². The molecule has 1 aromatic carbocycles. The first-order chi connectivity index (χ1) is 15.4. The van der Waals surface area contributed by atoms with Gasteiger partial charge in [0.1, 0.15) is 0 Å². The molecule has 0 aliphatic rings. The summed E-state index contributed by atoms with van der Waals surface area (Å²) in [5.41, 5.74) is 5.21. The van der Waals surface area contributed by atoms with Gasteiger partial charge in [0.2, 0.25) is 0 Å². The highest BCUT2D eigenvalue weighted by Crippen LogP contribution is 2.25. The maximum absolute atomic E-state index is 13.3. The minimum Gasteiger partial charge on any atom is -0.346 e. The van der Waals surface area contributed by atoms with Crippen LogP contribution in [0.15, 0.2) is 48.7 Å². The first-order valence-electron chi connectivity index (χ1n) is 10.4. The molecule has 0 atom stereocenters. The normalized spacial score (nSPS) is 11.0. The van der Waals surface area contributed by atoms with Crippen LogP contribution >= 0.6 is 0 Å². The Bertz CT molecular complexity index is 1230. The Morgan fingerprint density at radius 1 is 1.03 bits per heavy atom. The number of hydrogen-bond donors (Lipinski definition) is 1. The Kier molecular flexibility index (Phi) is 5.98. The molecule has 0 spiro atoms. The van der Waals surface area contributed by atoms with Crippen molar-refractivity contribution in [3.05, 3.63) is 77.0 Å². The second-order valence-electron chi connectivity index (χ2n) is 7.91. The van der Waals surface area contributed by atoms with E-state index in [2.05, 4.69) is 36.0 Å². The fourth-order valence-electron chi connectivity index (χ4n) is 3.21. The second-order valence-corrected chi connectivity index (χ2v) is 7.91. The molecule has 9 nitrogen and oxygen atoms in total. The first-order valence-corrected chi connectivity index (χ1v) is 10.4. The zero-order chi connectivity index (χ0) is 22.7. The summed E-state index contributed by atoms with van der Waals surface area (Å²) >= 11 is 0. The van der Waals surface area contributed by atoms with Gasteiger partial charge in [0.05, 0.1) is 34.9 Å². The number of carbonyl (C=O) groups is 1. The number of nitrogens with zero attached hydrogens (tertiary/aromatic N) is 7. The van der Waals surface area contributed by atoms with E-state index in [4.69, 9.17) is 0 Å². The van der Waals surface area contributed by atoms with Gasteiger partial charge in [0.15, 0.2) is 5.82 Å². The van der Waals surface area contributed by atoms with Gasteiger partial charge in [-0.3, -0.25) is 9.78 Å². The fourth-order valence-corrected chi connectivity index (χ4v) is 3.21. The quantitative estimate of drug-likeness (QED) is 0.502. The number of benzene rings is 1. The Hall–Kier alpha value is -4.01. The van der Waals surface area contributed by atoms with Crippen LogP contribution in [0, 0.1) is 13.8 Å². The SMILES string of the molecule is Cc1ccc(-c2ccc(-n3nnnc3C(C)C)c(C(=O)NCc3ccc(C)nn3)c2)nc1. The molecule has 9 heteroatoms. The van der Waals surface area contributed by atoms with E-state index in [0.29, 0.717) is 22.8 Å². The Balaban J connectivity index is 1.72. The fraction of sp³-hybridized carbons (Fsp3) is 0.261. The maximum atomic E-state index is 13.3. The lowest BCUT2D eigenvalue weighted by molar-refractivity contribution is 0.0950. The molecule has 3 heterocycles. The number of hydrogen-bond acceptors (Lipinski definition) is 7. The van der Waals surface area contributed by atoms with Gasteiger partial charge >= 0.3 is 0 Å². The number of aryl methyl sites for hydroxylation is 2. The lowest BCUT2D eigenvalue weighted by Gasteiger charge is -2.14. The van der Waals surface area contributed by atoms with Crippen LogP contribution in [0.3, 0.4) is 0 Å². The van der Waals surface area contributed by atoms with E-state index in [1.807, 2.05) is 70.2 Å². The predicted octanol–water partition coefficient (Wildman–Crippen LogP) is 3.18. The number of nitrogens with one attached hydrogen (secondary N) is 1. The summed E-state index contributed by atoms with van der Waals surface area (Å²) in [5.74, 6) is 0.494. The van der Waals surface area contributed by atoms with Crippen molar-refractivity contribution in [1.82, 2.24) is 40.7 Å². The molecular formula is C23H24N8O. The van der Waals surface area contributed by atoms with Crippen molar-refractivity contribution >= 4 is 5.91 Å². The van der Waals surface area contributed by atoms with Gasteiger partial charge < -0.3 is 5.32 Å². The monoisotopic (exact) mass is 428 g/mol. The van der Waals surface area contributed by atoms with E-state index >= 15 is 0 Å². The molecule has 4 aromatic rings. The first kappa shape index (κ1) is 21.2. The number of pyridine rings is 1. The minimum absolute atomic E-state index is 0.0854. The Morgan fingerprint density at radius 2 is 1.88 bits per heavy atom. The van der Waals surface area contributed by atoms with Gasteiger partial charge in [-0.05, 0) is 60.2 Å². The standard InChI is InChI=1S/C23H24N8O/c1-14(2)22-28-29-30-31(22)21-10-7-17(20-9-5-15(3)12-24-20)11-19(21)23(32)25-13-18-8-6-16(4)26-27-18/h5-12,14H,13H2,1-4H3,(H,25,32). The molecule has 1 N–H and O–H groups in total. The summed E-state index contributed by atoms with van der Waals surface area (Å²) in [6.45, 7) is 8.11. The van der Waals surface area contributed by atoms with Gasteiger partial charge in [-0.15, -0.1) is 5.10 Å². The average Bonchev–Trinajstić information content (AvgIpc) is 3.29. The lowest BCUT2D eigenvalue weighted by atomic mass is 10.0. The van der Waals surface area contributed by atoms with Crippen molar-refractivity contribution in [3.63, 3.8) is 0 Å². The predicted molar refractivity (Wildman–Crippen MR) is 119 cm³/mol. The van der Waals surface area contributed by atoms with Gasteiger partial charge in [-0.1, -0.05) is 26.0 Å². The largest absolute Gasteiger partial charge is 0.346 e. The van der Waals surface area contributed by atoms with E-state index in [-0.39, 0.29) is 18.4 Å².